The SMILES string of the molecule is C=C(Cl)C(CC)=NC. The Labute approximate surface area is 55.1 Å². The second kappa shape index (κ2) is 3.67. The highest BCUT2D eigenvalue weighted by Gasteiger charge is 1.93. The van der Waals surface area contributed by atoms with Crippen LogP contribution in [0, 0.1) is 0 Å². The summed E-state index contributed by atoms with van der Waals surface area (Å²) < 4.78 is 0. The summed E-state index contributed by atoms with van der Waals surface area (Å²) in [7, 11) is 1.71. The van der Waals surface area contributed by atoms with E-state index in [-0.39, 0.29) is 0 Å². The van der Waals surface area contributed by atoms with Gasteiger partial charge in [0, 0.05) is 7.05 Å². The Morgan fingerprint density at radius 1 is 1.75 bits per heavy atom. The maximum absolute atomic E-state index is 5.52. The molecule has 2 heteroatoms. The summed E-state index contributed by atoms with van der Waals surface area (Å²) >= 11 is 5.52. The zero-order valence-electron chi connectivity index (χ0n) is 5.24. The first-order valence-corrected chi connectivity index (χ1v) is 2.90. The molecule has 0 aromatic carbocycles. The van der Waals surface area contributed by atoms with E-state index in [0.29, 0.717) is 5.03 Å². The van der Waals surface area contributed by atoms with Crippen molar-refractivity contribution in [2.24, 2.45) is 4.99 Å². The summed E-state index contributed by atoms with van der Waals surface area (Å²) in [5.74, 6) is 0. The maximum Gasteiger partial charge on any atom is 0.0544 e. The van der Waals surface area contributed by atoms with Crippen LogP contribution in [0.25, 0.3) is 0 Å². The maximum atomic E-state index is 5.52. The predicted molar refractivity (Wildman–Crippen MR) is 38.6 cm³/mol. The molecular weight excluding hydrogens is 122 g/mol. The van der Waals surface area contributed by atoms with E-state index in [9.17, 15) is 0 Å². The summed E-state index contributed by atoms with van der Waals surface area (Å²) in [5.41, 5.74) is 0.881. The quantitative estimate of drug-likeness (QED) is 0.510. The topological polar surface area (TPSA) is 12.4 Å². The Morgan fingerprint density at radius 3 is 2.25 bits per heavy atom. The number of aliphatic imine (C=N–C) groups is 1. The lowest BCUT2D eigenvalue weighted by Crippen LogP contribution is -1.92. The molecule has 0 fully saturated rings. The van der Waals surface area contributed by atoms with Gasteiger partial charge in [-0.1, -0.05) is 25.1 Å². The highest BCUT2D eigenvalue weighted by Crippen LogP contribution is 2.02. The van der Waals surface area contributed by atoms with Crippen molar-refractivity contribution in [1.82, 2.24) is 0 Å². The van der Waals surface area contributed by atoms with Crippen molar-refractivity contribution in [3.05, 3.63) is 11.6 Å². The molecule has 0 aromatic heterocycles. The molecule has 0 amide bonds. The minimum absolute atomic E-state index is 0.551. The first-order valence-electron chi connectivity index (χ1n) is 2.52. The van der Waals surface area contributed by atoms with Crippen LogP contribution in [0.2, 0.25) is 0 Å². The molecular formula is C6H10ClN. The molecule has 0 unspecified atom stereocenters. The molecule has 1 nitrogen and oxygen atoms in total. The molecule has 0 N–H and O–H groups in total. The zero-order valence-corrected chi connectivity index (χ0v) is 6.00. The minimum atomic E-state index is 0.551. The summed E-state index contributed by atoms with van der Waals surface area (Å²) in [4.78, 5) is 3.89. The van der Waals surface area contributed by atoms with Crippen LogP contribution >= 0.6 is 11.6 Å². The van der Waals surface area contributed by atoms with Gasteiger partial charge in [-0.25, -0.2) is 0 Å². The number of nitrogens with zero attached hydrogens (tertiary/aromatic N) is 1. The van der Waals surface area contributed by atoms with Crippen molar-refractivity contribution in [3.8, 4) is 0 Å². The molecule has 0 bridgehead atoms. The third-order valence-electron chi connectivity index (χ3n) is 0.918. The average molecular weight is 132 g/mol. The van der Waals surface area contributed by atoms with Crippen LogP contribution in [-0.4, -0.2) is 12.8 Å². The second-order valence-corrected chi connectivity index (χ2v) is 1.88. The normalized spacial score (nSPS) is 11.6. The Kier molecular flexibility index (Phi) is 3.53. The van der Waals surface area contributed by atoms with E-state index in [4.69, 9.17) is 11.6 Å². The molecule has 0 saturated carbocycles. The van der Waals surface area contributed by atoms with E-state index >= 15 is 0 Å². The van der Waals surface area contributed by atoms with Gasteiger partial charge in [0.25, 0.3) is 0 Å². The third-order valence-corrected chi connectivity index (χ3v) is 1.14. The largest absolute Gasteiger partial charge is 0.292 e. The lowest BCUT2D eigenvalue weighted by molar-refractivity contribution is 1.25. The molecule has 0 aromatic rings. The lowest BCUT2D eigenvalue weighted by Gasteiger charge is -1.94. The van der Waals surface area contributed by atoms with Gasteiger partial charge in [0.15, 0.2) is 0 Å². The molecule has 0 rings (SSSR count). The Balaban J connectivity index is 3.92. The monoisotopic (exact) mass is 131 g/mol. The highest BCUT2D eigenvalue weighted by atomic mass is 35.5. The predicted octanol–water partition coefficient (Wildman–Crippen LogP) is 2.22. The number of halogens is 1. The fraction of sp³-hybridized carbons (Fsp3) is 0.500. The fourth-order valence-corrected chi connectivity index (χ4v) is 0.689. The van der Waals surface area contributed by atoms with E-state index in [0.717, 1.165) is 12.1 Å². The standard InChI is InChI=1S/C6H10ClN/c1-4-6(8-3)5(2)7/h2,4H2,1,3H3. The molecule has 0 aliphatic carbocycles. The van der Waals surface area contributed by atoms with E-state index in [1.807, 2.05) is 6.92 Å². The van der Waals surface area contributed by atoms with Crippen LogP contribution in [0.3, 0.4) is 0 Å². The van der Waals surface area contributed by atoms with Crippen LogP contribution in [0.4, 0.5) is 0 Å². The average Bonchev–Trinajstić information content (AvgIpc) is 1.69. The molecule has 0 aliphatic heterocycles. The van der Waals surface area contributed by atoms with Gasteiger partial charge < -0.3 is 0 Å². The van der Waals surface area contributed by atoms with Gasteiger partial charge in [0.2, 0.25) is 0 Å². The van der Waals surface area contributed by atoms with E-state index in [1.165, 1.54) is 0 Å². The molecule has 0 radical (unpaired) electrons. The van der Waals surface area contributed by atoms with Crippen LogP contribution in [-0.2, 0) is 0 Å². The minimum Gasteiger partial charge on any atom is -0.292 e. The first-order chi connectivity index (χ1) is 3.72. The van der Waals surface area contributed by atoms with E-state index in [1.54, 1.807) is 7.05 Å². The van der Waals surface area contributed by atoms with Crippen molar-refractivity contribution in [2.45, 2.75) is 13.3 Å². The third kappa shape index (κ3) is 2.12. The van der Waals surface area contributed by atoms with Crippen molar-refractivity contribution in [1.29, 1.82) is 0 Å². The van der Waals surface area contributed by atoms with Crippen LogP contribution in [0.15, 0.2) is 16.6 Å². The molecule has 0 saturated heterocycles. The number of rotatable bonds is 2. The van der Waals surface area contributed by atoms with Crippen molar-refractivity contribution >= 4 is 17.3 Å². The van der Waals surface area contributed by atoms with Gasteiger partial charge in [-0.3, -0.25) is 4.99 Å². The van der Waals surface area contributed by atoms with Crippen molar-refractivity contribution < 1.29 is 0 Å². The van der Waals surface area contributed by atoms with Gasteiger partial charge in [-0.15, -0.1) is 0 Å². The van der Waals surface area contributed by atoms with E-state index < -0.39 is 0 Å². The number of hydrogen-bond acceptors (Lipinski definition) is 1. The lowest BCUT2D eigenvalue weighted by atomic mass is 10.3. The van der Waals surface area contributed by atoms with E-state index in [2.05, 4.69) is 11.6 Å². The Bertz CT molecular complexity index is 116. The summed E-state index contributed by atoms with van der Waals surface area (Å²) in [6, 6.07) is 0. The van der Waals surface area contributed by atoms with Crippen LogP contribution in [0.1, 0.15) is 13.3 Å². The van der Waals surface area contributed by atoms with Gasteiger partial charge in [0.1, 0.15) is 0 Å². The Morgan fingerprint density at radius 2 is 2.25 bits per heavy atom. The van der Waals surface area contributed by atoms with Gasteiger partial charge >= 0.3 is 0 Å². The molecule has 46 valence electrons. The Hall–Kier alpha value is -0.300. The smallest absolute Gasteiger partial charge is 0.0544 e. The summed E-state index contributed by atoms with van der Waals surface area (Å²) in [6.07, 6.45) is 0.860. The summed E-state index contributed by atoms with van der Waals surface area (Å²) in [5, 5.41) is 0.551. The van der Waals surface area contributed by atoms with Crippen LogP contribution < -0.4 is 0 Å². The second-order valence-electron chi connectivity index (χ2n) is 1.43. The fourth-order valence-electron chi connectivity index (χ4n) is 0.471. The molecule has 0 heterocycles. The van der Waals surface area contributed by atoms with Crippen LogP contribution in [0.5, 0.6) is 0 Å². The molecule has 0 atom stereocenters. The number of allylic oxidation sites excluding steroid dienone is 1. The molecule has 0 aliphatic rings. The summed E-state index contributed by atoms with van der Waals surface area (Å²) in [6.45, 7) is 5.53. The van der Waals surface area contributed by atoms with Gasteiger partial charge in [0.05, 0.1) is 10.7 Å². The molecule has 8 heavy (non-hydrogen) atoms. The molecule has 0 spiro atoms. The van der Waals surface area contributed by atoms with Crippen molar-refractivity contribution in [3.63, 3.8) is 0 Å². The van der Waals surface area contributed by atoms with Gasteiger partial charge in [-0.2, -0.15) is 0 Å². The number of hydrogen-bond donors (Lipinski definition) is 0. The van der Waals surface area contributed by atoms with Crippen molar-refractivity contribution in [2.75, 3.05) is 7.05 Å². The highest BCUT2D eigenvalue weighted by molar-refractivity contribution is 6.43. The van der Waals surface area contributed by atoms with Gasteiger partial charge in [-0.05, 0) is 6.42 Å². The first kappa shape index (κ1) is 7.70. The zero-order chi connectivity index (χ0) is 6.57.